The highest BCUT2D eigenvalue weighted by molar-refractivity contribution is 7.98. The van der Waals surface area contributed by atoms with Gasteiger partial charge >= 0.3 is 0 Å². The minimum Gasteiger partial charge on any atom is -0.361 e. The number of aryl methyl sites for hydroxylation is 1. The van der Waals surface area contributed by atoms with Gasteiger partial charge in [0.1, 0.15) is 10.8 Å². The number of amides is 1. The van der Waals surface area contributed by atoms with Crippen LogP contribution < -0.4 is 5.32 Å². The highest BCUT2D eigenvalue weighted by Crippen LogP contribution is 2.26. The summed E-state index contributed by atoms with van der Waals surface area (Å²) >= 11 is 1.45. The molecule has 1 N–H and O–H groups in total. The van der Waals surface area contributed by atoms with Gasteiger partial charge in [-0.05, 0) is 31.2 Å². The molecule has 8 heteroatoms. The fraction of sp³-hybridized carbons (Fsp3) is 0.111. The predicted octanol–water partition coefficient (Wildman–Crippen LogP) is 5.45. The summed E-state index contributed by atoms with van der Waals surface area (Å²) in [4.78, 5) is 17.6. The second-order valence-electron chi connectivity index (χ2n) is 7.91. The summed E-state index contributed by atoms with van der Waals surface area (Å²) in [7, 11) is 0. The number of carbonyl (C=O) groups excluding carboxylic acids is 1. The van der Waals surface area contributed by atoms with E-state index in [4.69, 9.17) is 9.62 Å². The SMILES string of the molecule is Cc1cc(CSc2ncccc2C(=O)NCc2cn(-c3ccccc3)nc2-c2ccccc2)no1. The van der Waals surface area contributed by atoms with Crippen molar-refractivity contribution in [2.24, 2.45) is 0 Å². The third kappa shape index (κ3) is 5.33. The Morgan fingerprint density at radius 3 is 2.54 bits per heavy atom. The Bertz CT molecular complexity index is 1430. The highest BCUT2D eigenvalue weighted by atomic mass is 32.2. The Morgan fingerprint density at radius 1 is 1.03 bits per heavy atom. The number of thioether (sulfide) groups is 1. The van der Waals surface area contributed by atoms with Crippen LogP contribution in [-0.4, -0.2) is 25.8 Å². The minimum atomic E-state index is -0.191. The summed E-state index contributed by atoms with van der Waals surface area (Å²) in [5.74, 6) is 1.13. The quantitative estimate of drug-likeness (QED) is 0.297. The molecular formula is C27H23N5O2S. The van der Waals surface area contributed by atoms with Crippen molar-refractivity contribution in [1.82, 2.24) is 25.2 Å². The molecule has 5 aromatic rings. The first-order chi connectivity index (χ1) is 17.2. The van der Waals surface area contributed by atoms with Gasteiger partial charge in [0.25, 0.3) is 5.91 Å². The standard InChI is InChI=1S/C27H23N5O2S/c1-19-15-22(31-34-19)18-35-27-24(13-8-14-28-27)26(33)29-16-21-17-32(23-11-6-3-7-12-23)30-25(21)20-9-4-2-5-10-20/h2-15,17H,16,18H2,1H3,(H,29,33). The fourth-order valence-corrected chi connectivity index (χ4v) is 4.54. The van der Waals surface area contributed by atoms with Gasteiger partial charge in [0, 0.05) is 41.9 Å². The number of rotatable bonds is 8. The smallest absolute Gasteiger partial charge is 0.254 e. The van der Waals surface area contributed by atoms with Crippen molar-refractivity contribution in [2.75, 3.05) is 0 Å². The van der Waals surface area contributed by atoms with Crippen LogP contribution in [0.1, 0.15) is 27.4 Å². The molecule has 2 aromatic carbocycles. The summed E-state index contributed by atoms with van der Waals surface area (Å²) in [5.41, 5.74) is 5.03. The molecule has 0 fully saturated rings. The van der Waals surface area contributed by atoms with Gasteiger partial charge in [-0.25, -0.2) is 9.67 Å². The lowest BCUT2D eigenvalue weighted by molar-refractivity contribution is 0.0947. The maximum absolute atomic E-state index is 13.2. The van der Waals surface area contributed by atoms with Crippen LogP contribution in [0.25, 0.3) is 16.9 Å². The molecule has 1 amide bonds. The average Bonchev–Trinajstić information content (AvgIpc) is 3.53. The number of nitrogens with zero attached hydrogens (tertiary/aromatic N) is 4. The van der Waals surface area contributed by atoms with Gasteiger partial charge in [0.05, 0.1) is 22.6 Å². The van der Waals surface area contributed by atoms with E-state index in [9.17, 15) is 4.79 Å². The fourth-order valence-electron chi connectivity index (χ4n) is 3.67. The van der Waals surface area contributed by atoms with Crippen molar-refractivity contribution in [1.29, 1.82) is 0 Å². The maximum atomic E-state index is 13.2. The van der Waals surface area contributed by atoms with E-state index in [1.807, 2.05) is 84.5 Å². The van der Waals surface area contributed by atoms with Crippen molar-refractivity contribution < 1.29 is 9.32 Å². The van der Waals surface area contributed by atoms with E-state index in [-0.39, 0.29) is 5.91 Å². The first-order valence-corrected chi connectivity index (χ1v) is 12.1. The normalized spacial score (nSPS) is 10.9. The van der Waals surface area contributed by atoms with Crippen molar-refractivity contribution in [3.63, 3.8) is 0 Å². The van der Waals surface area contributed by atoms with Gasteiger partial charge in [-0.15, -0.1) is 0 Å². The van der Waals surface area contributed by atoms with E-state index in [0.717, 1.165) is 34.0 Å². The molecule has 0 aliphatic carbocycles. The molecule has 3 heterocycles. The number of aromatic nitrogens is 4. The zero-order valence-electron chi connectivity index (χ0n) is 19.1. The molecule has 0 bridgehead atoms. The number of hydrogen-bond acceptors (Lipinski definition) is 6. The molecule has 0 saturated carbocycles. The number of carbonyl (C=O) groups is 1. The summed E-state index contributed by atoms with van der Waals surface area (Å²) in [6, 6.07) is 25.3. The van der Waals surface area contributed by atoms with Crippen LogP contribution >= 0.6 is 11.8 Å². The molecule has 0 saturated heterocycles. The third-order valence-corrected chi connectivity index (χ3v) is 6.39. The first-order valence-electron chi connectivity index (χ1n) is 11.1. The number of hydrogen-bond donors (Lipinski definition) is 1. The maximum Gasteiger partial charge on any atom is 0.254 e. The lowest BCUT2D eigenvalue weighted by atomic mass is 10.1. The zero-order chi connectivity index (χ0) is 24.0. The highest BCUT2D eigenvalue weighted by Gasteiger charge is 2.17. The molecular weight excluding hydrogens is 458 g/mol. The first kappa shape index (κ1) is 22.6. The van der Waals surface area contributed by atoms with Crippen molar-refractivity contribution in [2.45, 2.75) is 24.2 Å². The molecule has 0 aliphatic rings. The second-order valence-corrected chi connectivity index (χ2v) is 8.87. The molecule has 0 unspecified atom stereocenters. The number of benzene rings is 2. The minimum absolute atomic E-state index is 0.191. The van der Waals surface area contributed by atoms with E-state index >= 15 is 0 Å². The monoisotopic (exact) mass is 481 g/mol. The number of nitrogens with one attached hydrogen (secondary N) is 1. The van der Waals surface area contributed by atoms with Crippen molar-refractivity contribution >= 4 is 17.7 Å². The van der Waals surface area contributed by atoms with E-state index in [2.05, 4.69) is 15.5 Å². The van der Waals surface area contributed by atoms with Crippen LogP contribution in [0.15, 0.2) is 101 Å². The van der Waals surface area contributed by atoms with Crippen LogP contribution in [0.3, 0.4) is 0 Å². The van der Waals surface area contributed by atoms with Crippen LogP contribution in [0.5, 0.6) is 0 Å². The summed E-state index contributed by atoms with van der Waals surface area (Å²) < 4.78 is 6.97. The molecule has 5 rings (SSSR count). The van der Waals surface area contributed by atoms with Gasteiger partial charge in [-0.1, -0.05) is 65.4 Å². The Labute approximate surface area is 207 Å². The van der Waals surface area contributed by atoms with Crippen molar-refractivity contribution in [3.05, 3.63) is 114 Å². The van der Waals surface area contributed by atoms with E-state index in [1.54, 1.807) is 18.3 Å². The van der Waals surface area contributed by atoms with Crippen LogP contribution in [0.4, 0.5) is 0 Å². The molecule has 174 valence electrons. The Kier molecular flexibility index (Phi) is 6.72. The lowest BCUT2D eigenvalue weighted by Crippen LogP contribution is -2.23. The number of pyridine rings is 1. The molecule has 0 aliphatic heterocycles. The second kappa shape index (κ2) is 10.4. The molecule has 3 aromatic heterocycles. The summed E-state index contributed by atoms with van der Waals surface area (Å²) in [6.07, 6.45) is 3.65. The number of para-hydroxylation sites is 1. The molecule has 0 spiro atoms. The Balaban J connectivity index is 1.36. The van der Waals surface area contributed by atoms with Crippen LogP contribution in [0, 0.1) is 6.92 Å². The van der Waals surface area contributed by atoms with Gasteiger partial charge in [-0.3, -0.25) is 4.79 Å². The zero-order valence-corrected chi connectivity index (χ0v) is 19.9. The van der Waals surface area contributed by atoms with Gasteiger partial charge in [-0.2, -0.15) is 5.10 Å². The van der Waals surface area contributed by atoms with Gasteiger partial charge < -0.3 is 9.84 Å². The molecule has 0 atom stereocenters. The summed E-state index contributed by atoms with van der Waals surface area (Å²) in [5, 5.41) is 12.5. The van der Waals surface area contributed by atoms with Gasteiger partial charge in [0.2, 0.25) is 0 Å². The lowest BCUT2D eigenvalue weighted by Gasteiger charge is -2.09. The average molecular weight is 482 g/mol. The summed E-state index contributed by atoms with van der Waals surface area (Å²) in [6.45, 7) is 2.18. The molecule has 7 nitrogen and oxygen atoms in total. The van der Waals surface area contributed by atoms with Crippen LogP contribution in [0.2, 0.25) is 0 Å². The van der Waals surface area contributed by atoms with E-state index in [0.29, 0.717) is 22.9 Å². The van der Waals surface area contributed by atoms with E-state index < -0.39 is 0 Å². The Morgan fingerprint density at radius 2 is 1.80 bits per heavy atom. The molecule has 35 heavy (non-hydrogen) atoms. The van der Waals surface area contributed by atoms with Crippen molar-refractivity contribution in [3.8, 4) is 16.9 Å². The Hall–Kier alpha value is -4.17. The third-order valence-electron chi connectivity index (χ3n) is 5.35. The van der Waals surface area contributed by atoms with Gasteiger partial charge in [0.15, 0.2) is 0 Å². The van der Waals surface area contributed by atoms with Crippen LogP contribution in [-0.2, 0) is 12.3 Å². The topological polar surface area (TPSA) is 85.8 Å². The molecule has 0 radical (unpaired) electrons. The largest absolute Gasteiger partial charge is 0.361 e. The van der Waals surface area contributed by atoms with E-state index in [1.165, 1.54) is 11.8 Å². The predicted molar refractivity (Wildman–Crippen MR) is 135 cm³/mol.